The Morgan fingerprint density at radius 1 is 1.56 bits per heavy atom. The third kappa shape index (κ3) is 3.57. The molecule has 0 fully saturated rings. The highest BCUT2D eigenvalue weighted by atomic mass is 35.5. The molecule has 0 saturated carbocycles. The maximum Gasteiger partial charge on any atom is 0.106 e. The summed E-state index contributed by atoms with van der Waals surface area (Å²) in [6, 6.07) is 5.79. The van der Waals surface area contributed by atoms with Crippen LogP contribution in [0.3, 0.4) is 0 Å². The summed E-state index contributed by atoms with van der Waals surface area (Å²) >= 11 is 11.2. The van der Waals surface area contributed by atoms with Gasteiger partial charge in [-0.05, 0) is 32.0 Å². The lowest BCUT2D eigenvalue weighted by Gasteiger charge is -2.31. The van der Waals surface area contributed by atoms with Crippen molar-refractivity contribution >= 4 is 34.5 Å². The molecule has 1 rings (SSSR count). The van der Waals surface area contributed by atoms with E-state index >= 15 is 0 Å². The normalized spacial score (nSPS) is 12.2. The highest BCUT2D eigenvalue weighted by Crippen LogP contribution is 2.26. The zero-order valence-corrected chi connectivity index (χ0v) is 12.5. The van der Waals surface area contributed by atoms with Gasteiger partial charge in [-0.3, -0.25) is 0 Å². The number of hydrogen-bond donors (Lipinski definition) is 1. The molecule has 3 nitrogen and oxygen atoms in total. The van der Waals surface area contributed by atoms with Crippen molar-refractivity contribution in [2.75, 3.05) is 25.2 Å². The zero-order valence-electron chi connectivity index (χ0n) is 10.9. The summed E-state index contributed by atoms with van der Waals surface area (Å²) in [5.74, 6) is 0. The van der Waals surface area contributed by atoms with Crippen molar-refractivity contribution in [2.45, 2.75) is 19.9 Å². The fraction of sp³-hybridized carbons (Fsp3) is 0.462. The van der Waals surface area contributed by atoms with Gasteiger partial charge in [0.25, 0.3) is 0 Å². The molecule has 0 amide bonds. The molecule has 0 aliphatic carbocycles. The topological polar surface area (TPSA) is 38.5 Å². The lowest BCUT2D eigenvalue weighted by molar-refractivity contribution is 0.182. The minimum atomic E-state index is 0.228. The minimum Gasteiger partial charge on any atom is -0.389 e. The maximum atomic E-state index is 6.06. The molecule has 0 radical (unpaired) electrons. The van der Waals surface area contributed by atoms with Crippen LogP contribution < -0.4 is 10.6 Å². The summed E-state index contributed by atoms with van der Waals surface area (Å²) < 4.78 is 5.20. The first-order chi connectivity index (χ1) is 8.51. The van der Waals surface area contributed by atoms with Gasteiger partial charge < -0.3 is 15.4 Å². The van der Waals surface area contributed by atoms with Gasteiger partial charge in [0.1, 0.15) is 4.99 Å². The summed E-state index contributed by atoms with van der Waals surface area (Å²) in [4.78, 5) is 2.56. The van der Waals surface area contributed by atoms with Gasteiger partial charge >= 0.3 is 0 Å². The predicted octanol–water partition coefficient (Wildman–Crippen LogP) is 2.84. The second-order valence-corrected chi connectivity index (χ2v) is 4.99. The molecule has 1 aromatic carbocycles. The molecule has 18 heavy (non-hydrogen) atoms. The van der Waals surface area contributed by atoms with E-state index in [1.54, 1.807) is 13.2 Å². The van der Waals surface area contributed by atoms with Gasteiger partial charge in [0.05, 0.1) is 6.61 Å². The molecule has 1 unspecified atom stereocenters. The molecule has 2 N–H and O–H groups in total. The van der Waals surface area contributed by atoms with E-state index in [2.05, 4.69) is 18.7 Å². The third-order valence-electron chi connectivity index (χ3n) is 2.82. The van der Waals surface area contributed by atoms with E-state index in [4.69, 9.17) is 34.3 Å². The number of rotatable bonds is 6. The molecular weight excluding hydrogens is 268 g/mol. The number of halogens is 1. The van der Waals surface area contributed by atoms with E-state index in [0.717, 1.165) is 17.8 Å². The van der Waals surface area contributed by atoms with E-state index in [1.165, 1.54) is 0 Å². The summed E-state index contributed by atoms with van der Waals surface area (Å²) in [6.07, 6.45) is 0. The Morgan fingerprint density at radius 2 is 2.22 bits per heavy atom. The smallest absolute Gasteiger partial charge is 0.106 e. The van der Waals surface area contributed by atoms with Gasteiger partial charge in [-0.2, -0.15) is 0 Å². The molecule has 0 aromatic heterocycles. The number of anilines is 1. The molecule has 0 saturated heterocycles. The Balaban J connectivity index is 3.18. The molecule has 0 aliphatic rings. The number of nitrogens with two attached hydrogens (primary N) is 1. The fourth-order valence-electron chi connectivity index (χ4n) is 2.00. The summed E-state index contributed by atoms with van der Waals surface area (Å²) in [7, 11) is 1.69. The van der Waals surface area contributed by atoms with Crippen molar-refractivity contribution in [2.24, 2.45) is 5.73 Å². The fourth-order valence-corrected chi connectivity index (χ4v) is 2.34. The van der Waals surface area contributed by atoms with E-state index in [0.29, 0.717) is 16.6 Å². The molecule has 0 bridgehead atoms. The van der Waals surface area contributed by atoms with Crippen LogP contribution in [0.4, 0.5) is 5.69 Å². The predicted molar refractivity (Wildman–Crippen MR) is 81.7 cm³/mol. The molecule has 0 spiro atoms. The van der Waals surface area contributed by atoms with Crippen LogP contribution in [0, 0.1) is 0 Å². The monoisotopic (exact) mass is 286 g/mol. The van der Waals surface area contributed by atoms with Crippen LogP contribution in [0.2, 0.25) is 5.02 Å². The van der Waals surface area contributed by atoms with Crippen molar-refractivity contribution in [1.82, 2.24) is 0 Å². The van der Waals surface area contributed by atoms with Crippen LogP contribution in [0.25, 0.3) is 0 Å². The second kappa shape index (κ2) is 6.92. The first-order valence-electron chi connectivity index (χ1n) is 5.86. The number of methoxy groups -OCH3 is 1. The van der Waals surface area contributed by atoms with Crippen LogP contribution in [-0.2, 0) is 4.74 Å². The zero-order chi connectivity index (χ0) is 13.7. The highest BCUT2D eigenvalue weighted by molar-refractivity contribution is 7.80. The summed E-state index contributed by atoms with van der Waals surface area (Å²) in [5.41, 5.74) is 7.57. The van der Waals surface area contributed by atoms with Crippen molar-refractivity contribution in [1.29, 1.82) is 0 Å². The first-order valence-corrected chi connectivity index (χ1v) is 6.64. The minimum absolute atomic E-state index is 0.228. The third-order valence-corrected chi connectivity index (χ3v) is 3.27. The van der Waals surface area contributed by atoms with E-state index in [1.807, 2.05) is 12.1 Å². The Kier molecular flexibility index (Phi) is 5.85. The van der Waals surface area contributed by atoms with Crippen molar-refractivity contribution in [3.05, 3.63) is 28.8 Å². The van der Waals surface area contributed by atoms with Crippen LogP contribution in [0.1, 0.15) is 19.4 Å². The van der Waals surface area contributed by atoms with E-state index < -0.39 is 0 Å². The standard InChI is InChI=1S/C13H19ClN2OS/c1-4-16(9(2)8-17-3)12-7-10(14)5-6-11(12)13(15)18/h5-7,9H,4,8H2,1-3H3,(H2,15,18). The van der Waals surface area contributed by atoms with Gasteiger partial charge in [0.15, 0.2) is 0 Å². The average Bonchev–Trinajstić information content (AvgIpc) is 2.30. The van der Waals surface area contributed by atoms with Crippen LogP contribution in [0.5, 0.6) is 0 Å². The molecule has 1 aromatic rings. The molecule has 0 heterocycles. The summed E-state index contributed by atoms with van der Waals surface area (Å²) in [5, 5.41) is 0.674. The Labute approximate surface area is 119 Å². The lowest BCUT2D eigenvalue weighted by Crippen LogP contribution is -2.37. The Bertz CT molecular complexity index is 425. The van der Waals surface area contributed by atoms with Crippen molar-refractivity contribution < 1.29 is 4.74 Å². The number of benzene rings is 1. The van der Waals surface area contributed by atoms with Crippen molar-refractivity contribution in [3.8, 4) is 0 Å². The molecule has 1 atom stereocenters. The Morgan fingerprint density at radius 3 is 2.72 bits per heavy atom. The number of likely N-dealkylation sites (N-methyl/N-ethyl adjacent to an activating group) is 1. The highest BCUT2D eigenvalue weighted by Gasteiger charge is 2.17. The molecule has 100 valence electrons. The van der Waals surface area contributed by atoms with Gasteiger partial charge in [0, 0.05) is 36.0 Å². The van der Waals surface area contributed by atoms with Crippen LogP contribution in [-0.4, -0.2) is 31.3 Å². The largest absolute Gasteiger partial charge is 0.389 e. The SMILES string of the molecule is CCN(c1cc(Cl)ccc1C(N)=S)C(C)COC. The number of hydrogen-bond acceptors (Lipinski definition) is 3. The Hall–Kier alpha value is -0.840. The molecular formula is C13H19ClN2OS. The van der Waals surface area contributed by atoms with Crippen molar-refractivity contribution in [3.63, 3.8) is 0 Å². The number of thiocarbonyl (C=S) groups is 1. The van der Waals surface area contributed by atoms with Gasteiger partial charge in [-0.25, -0.2) is 0 Å². The lowest BCUT2D eigenvalue weighted by atomic mass is 10.1. The van der Waals surface area contributed by atoms with Crippen LogP contribution >= 0.6 is 23.8 Å². The molecule has 0 aliphatic heterocycles. The number of ether oxygens (including phenoxy) is 1. The van der Waals surface area contributed by atoms with Gasteiger partial charge in [-0.15, -0.1) is 0 Å². The quantitative estimate of drug-likeness (QED) is 0.816. The van der Waals surface area contributed by atoms with Gasteiger partial charge in [-0.1, -0.05) is 23.8 Å². The van der Waals surface area contributed by atoms with E-state index in [9.17, 15) is 0 Å². The molecule has 5 heteroatoms. The first kappa shape index (κ1) is 15.2. The second-order valence-electron chi connectivity index (χ2n) is 4.12. The number of nitrogens with zero attached hydrogens (tertiary/aromatic N) is 1. The van der Waals surface area contributed by atoms with Crippen LogP contribution in [0.15, 0.2) is 18.2 Å². The van der Waals surface area contributed by atoms with Gasteiger partial charge in [0.2, 0.25) is 0 Å². The summed E-state index contributed by atoms with van der Waals surface area (Å²) in [6.45, 7) is 5.64. The van der Waals surface area contributed by atoms with E-state index in [-0.39, 0.29) is 6.04 Å². The maximum absolute atomic E-state index is 6.06. The average molecular weight is 287 g/mol.